The van der Waals surface area contributed by atoms with Crippen molar-refractivity contribution in [3.63, 3.8) is 0 Å². The number of hydrogen-bond acceptors (Lipinski definition) is 5. The predicted octanol–water partition coefficient (Wildman–Crippen LogP) is 1.99. The summed E-state index contributed by atoms with van der Waals surface area (Å²) in [5.74, 6) is -2.02. The van der Waals surface area contributed by atoms with Gasteiger partial charge in [0.1, 0.15) is 16.9 Å². The van der Waals surface area contributed by atoms with Crippen LogP contribution in [0.5, 0.6) is 0 Å². The maximum Gasteiger partial charge on any atom is 0.346 e. The fraction of sp³-hybridized carbons (Fsp3) is 0.562. The molecule has 0 aromatic carbocycles. The molecule has 0 aromatic rings. The molecule has 0 bridgehead atoms. The molecule has 2 rings (SSSR count). The third-order valence-corrected chi connectivity index (χ3v) is 3.98. The van der Waals surface area contributed by atoms with Crippen LogP contribution in [0.25, 0.3) is 0 Å². The van der Waals surface area contributed by atoms with E-state index < -0.39 is 35.8 Å². The lowest BCUT2D eigenvalue weighted by atomic mass is 9.92. The highest BCUT2D eigenvalue weighted by molar-refractivity contribution is 6.24. The van der Waals surface area contributed by atoms with Gasteiger partial charge in [-0.15, -0.1) is 0 Å². The van der Waals surface area contributed by atoms with E-state index in [-0.39, 0.29) is 11.3 Å². The Labute approximate surface area is 128 Å². The van der Waals surface area contributed by atoms with Crippen molar-refractivity contribution in [2.45, 2.75) is 51.7 Å². The molecule has 0 saturated carbocycles. The molecule has 1 fully saturated rings. The van der Waals surface area contributed by atoms with Crippen molar-refractivity contribution in [2.75, 3.05) is 0 Å². The van der Waals surface area contributed by atoms with E-state index in [2.05, 4.69) is 13.8 Å². The average molecular weight is 308 g/mol. The summed E-state index contributed by atoms with van der Waals surface area (Å²) in [4.78, 5) is 34.7. The van der Waals surface area contributed by atoms with Crippen molar-refractivity contribution in [2.24, 2.45) is 5.92 Å². The summed E-state index contributed by atoms with van der Waals surface area (Å²) in [6.07, 6.45) is 3.40. The van der Waals surface area contributed by atoms with Gasteiger partial charge in [-0.2, -0.15) is 0 Å². The number of ketones is 1. The first-order chi connectivity index (χ1) is 10.3. The van der Waals surface area contributed by atoms with Gasteiger partial charge in [-0.25, -0.2) is 4.79 Å². The Morgan fingerprint density at radius 3 is 2.73 bits per heavy atom. The van der Waals surface area contributed by atoms with Crippen molar-refractivity contribution < 1.29 is 29.0 Å². The van der Waals surface area contributed by atoms with Gasteiger partial charge in [0.15, 0.2) is 6.10 Å². The first-order valence-corrected chi connectivity index (χ1v) is 7.35. The standard InChI is InChI=1S/C16H20O6/c1-4-9(2)8-16(3)6-5-10(22-16)13-14(19)11(7-12(17)18)21-15(13)20/h5-6,9,11H,4,7-8H2,1-3H3,(H,17,18). The van der Waals surface area contributed by atoms with Gasteiger partial charge < -0.3 is 14.6 Å². The van der Waals surface area contributed by atoms with E-state index in [1.165, 1.54) is 0 Å². The van der Waals surface area contributed by atoms with Crippen molar-refractivity contribution in [3.05, 3.63) is 23.5 Å². The van der Waals surface area contributed by atoms with Gasteiger partial charge in [0.2, 0.25) is 5.78 Å². The van der Waals surface area contributed by atoms with E-state index >= 15 is 0 Å². The lowest BCUT2D eigenvalue weighted by Gasteiger charge is -2.26. The van der Waals surface area contributed by atoms with Gasteiger partial charge in [0.25, 0.3) is 0 Å². The number of Topliss-reactive ketones (excluding diaryl/α,β-unsaturated/α-hetero) is 1. The van der Waals surface area contributed by atoms with Crippen LogP contribution in [0.3, 0.4) is 0 Å². The number of carbonyl (C=O) groups excluding carboxylic acids is 2. The normalized spacial score (nSPS) is 32.0. The van der Waals surface area contributed by atoms with Crippen molar-refractivity contribution in [3.8, 4) is 0 Å². The quantitative estimate of drug-likeness (QED) is 0.474. The smallest absolute Gasteiger partial charge is 0.346 e. The van der Waals surface area contributed by atoms with Gasteiger partial charge in [-0.05, 0) is 31.4 Å². The fourth-order valence-electron chi connectivity index (χ4n) is 2.67. The molecule has 120 valence electrons. The molecular weight excluding hydrogens is 288 g/mol. The molecule has 0 spiro atoms. The summed E-state index contributed by atoms with van der Waals surface area (Å²) >= 11 is 0. The monoisotopic (exact) mass is 308 g/mol. The zero-order valence-electron chi connectivity index (χ0n) is 12.9. The summed E-state index contributed by atoms with van der Waals surface area (Å²) in [6, 6.07) is 0. The van der Waals surface area contributed by atoms with Crippen LogP contribution in [0.2, 0.25) is 0 Å². The van der Waals surface area contributed by atoms with Crippen LogP contribution >= 0.6 is 0 Å². The van der Waals surface area contributed by atoms with Crippen LogP contribution in [-0.4, -0.2) is 34.5 Å². The zero-order valence-corrected chi connectivity index (χ0v) is 12.9. The second-order valence-electron chi connectivity index (χ2n) is 6.06. The van der Waals surface area contributed by atoms with Gasteiger partial charge in [-0.1, -0.05) is 20.3 Å². The van der Waals surface area contributed by atoms with Gasteiger partial charge in [0, 0.05) is 0 Å². The van der Waals surface area contributed by atoms with Crippen LogP contribution in [0.15, 0.2) is 23.5 Å². The minimum atomic E-state index is -1.26. The molecular formula is C16H20O6. The molecule has 1 saturated heterocycles. The van der Waals surface area contributed by atoms with Gasteiger partial charge in [0.05, 0.1) is 6.42 Å². The van der Waals surface area contributed by atoms with Crippen molar-refractivity contribution in [1.29, 1.82) is 0 Å². The SMILES string of the molecule is CCC(C)CC1(C)C=CC(=C2C(=O)OC(CC(=O)O)C2=O)O1. The minimum Gasteiger partial charge on any atom is -0.482 e. The maximum absolute atomic E-state index is 12.1. The Hall–Kier alpha value is -2.11. The van der Waals surface area contributed by atoms with Gasteiger partial charge in [-0.3, -0.25) is 9.59 Å². The summed E-state index contributed by atoms with van der Waals surface area (Å²) in [6.45, 7) is 6.08. The Kier molecular flexibility index (Phi) is 4.39. The Morgan fingerprint density at radius 1 is 1.45 bits per heavy atom. The average Bonchev–Trinajstić information content (AvgIpc) is 2.90. The van der Waals surface area contributed by atoms with Crippen molar-refractivity contribution in [1.82, 2.24) is 0 Å². The number of ether oxygens (including phenoxy) is 2. The molecule has 1 N–H and O–H groups in total. The summed E-state index contributed by atoms with van der Waals surface area (Å²) in [5, 5.41) is 8.73. The van der Waals surface area contributed by atoms with E-state index in [0.717, 1.165) is 12.8 Å². The lowest BCUT2D eigenvalue weighted by Crippen LogP contribution is -2.25. The maximum atomic E-state index is 12.1. The number of aliphatic carboxylic acids is 1. The van der Waals surface area contributed by atoms with Crippen molar-refractivity contribution >= 4 is 17.7 Å². The lowest BCUT2D eigenvalue weighted by molar-refractivity contribution is -0.147. The van der Waals surface area contributed by atoms with Crippen LogP contribution in [0.4, 0.5) is 0 Å². The third kappa shape index (κ3) is 3.21. The number of esters is 1. The molecule has 2 aliphatic rings. The van der Waals surface area contributed by atoms with E-state index in [9.17, 15) is 14.4 Å². The molecule has 6 nitrogen and oxygen atoms in total. The number of carboxylic acid groups (broad SMARTS) is 1. The molecule has 6 heteroatoms. The Bertz CT molecular complexity index is 573. The van der Waals surface area contributed by atoms with Crippen LogP contribution < -0.4 is 0 Å². The van der Waals surface area contributed by atoms with Crippen LogP contribution in [0.1, 0.15) is 40.0 Å². The first kappa shape index (κ1) is 16.3. The van der Waals surface area contributed by atoms with Crippen LogP contribution in [-0.2, 0) is 23.9 Å². The van der Waals surface area contributed by atoms with E-state index in [4.69, 9.17) is 14.6 Å². The molecule has 0 aliphatic carbocycles. The molecule has 2 aliphatic heterocycles. The molecule has 0 radical (unpaired) electrons. The zero-order chi connectivity index (χ0) is 16.5. The topological polar surface area (TPSA) is 89.9 Å². The number of carboxylic acids is 1. The van der Waals surface area contributed by atoms with E-state index in [1.807, 2.05) is 13.0 Å². The Balaban J connectivity index is 2.19. The highest BCUT2D eigenvalue weighted by Gasteiger charge is 2.44. The molecule has 22 heavy (non-hydrogen) atoms. The second kappa shape index (κ2) is 5.94. The number of hydrogen-bond donors (Lipinski definition) is 1. The molecule has 0 amide bonds. The first-order valence-electron chi connectivity index (χ1n) is 7.35. The van der Waals surface area contributed by atoms with Crippen LogP contribution in [0, 0.1) is 5.92 Å². The third-order valence-electron chi connectivity index (χ3n) is 3.98. The summed E-state index contributed by atoms with van der Waals surface area (Å²) in [7, 11) is 0. The minimum absolute atomic E-state index is 0.175. The number of carbonyl (C=O) groups is 3. The number of rotatable bonds is 5. The largest absolute Gasteiger partial charge is 0.482 e. The van der Waals surface area contributed by atoms with Gasteiger partial charge >= 0.3 is 11.9 Å². The highest BCUT2D eigenvalue weighted by atomic mass is 16.6. The second-order valence-corrected chi connectivity index (χ2v) is 6.06. The molecule has 2 heterocycles. The molecule has 3 atom stereocenters. The molecule has 0 aromatic heterocycles. The predicted molar refractivity (Wildman–Crippen MR) is 76.9 cm³/mol. The Morgan fingerprint density at radius 2 is 2.14 bits per heavy atom. The highest BCUT2D eigenvalue weighted by Crippen LogP contribution is 2.35. The number of cyclic esters (lactones) is 1. The number of allylic oxidation sites excluding steroid dienone is 1. The summed E-state index contributed by atoms with van der Waals surface area (Å²) < 4.78 is 10.6. The molecule has 3 unspecified atom stereocenters. The van der Waals surface area contributed by atoms with E-state index in [0.29, 0.717) is 5.92 Å². The fourth-order valence-corrected chi connectivity index (χ4v) is 2.67. The van der Waals surface area contributed by atoms with E-state index in [1.54, 1.807) is 6.08 Å². The summed E-state index contributed by atoms with van der Waals surface area (Å²) in [5.41, 5.74) is -0.751.